The number of nitrogens with one attached hydrogen (secondary N) is 1. The van der Waals surface area contributed by atoms with Crippen LogP contribution in [-0.2, 0) is 11.3 Å². The minimum Gasteiger partial charge on any atom is -0.336 e. The summed E-state index contributed by atoms with van der Waals surface area (Å²) >= 11 is 0. The summed E-state index contributed by atoms with van der Waals surface area (Å²) in [5, 5.41) is 11.1. The fourth-order valence-electron chi connectivity index (χ4n) is 4.22. The molecule has 2 heterocycles. The van der Waals surface area contributed by atoms with Crippen LogP contribution in [0.15, 0.2) is 72.8 Å². The van der Waals surface area contributed by atoms with E-state index in [0.29, 0.717) is 44.0 Å². The molecule has 35 heavy (non-hydrogen) atoms. The minimum atomic E-state index is -0.394. The Morgan fingerprint density at radius 3 is 2.46 bits per heavy atom. The molecule has 0 aliphatic carbocycles. The standard InChI is InChI=1S/C26H25FN6O2/c27-21-4-3-5-22(16-21)28-25(34)18-31-12-14-32(15-13-31)26(35)20-10-8-19(9-11-20)17-33-24-7-2-1-6-23(24)29-30-33/h1-11,16H,12-15,17-18H2,(H,28,34). The molecule has 3 aromatic carbocycles. The number of hydrogen-bond donors (Lipinski definition) is 1. The molecular formula is C26H25FN6O2. The lowest BCUT2D eigenvalue weighted by Crippen LogP contribution is -2.50. The molecule has 1 N–H and O–H groups in total. The van der Waals surface area contributed by atoms with E-state index < -0.39 is 5.82 Å². The Labute approximate surface area is 201 Å². The first-order chi connectivity index (χ1) is 17.0. The molecule has 8 nitrogen and oxygen atoms in total. The Morgan fingerprint density at radius 1 is 0.914 bits per heavy atom. The molecule has 0 unspecified atom stereocenters. The number of carbonyl (C=O) groups excluding carboxylic acids is 2. The van der Waals surface area contributed by atoms with E-state index in [1.807, 2.05) is 58.1 Å². The maximum atomic E-state index is 13.3. The van der Waals surface area contributed by atoms with Gasteiger partial charge in [0.05, 0.1) is 18.6 Å². The number of benzene rings is 3. The van der Waals surface area contributed by atoms with Crippen LogP contribution in [0.1, 0.15) is 15.9 Å². The molecule has 1 aromatic heterocycles. The first-order valence-corrected chi connectivity index (χ1v) is 11.5. The number of carbonyl (C=O) groups is 2. The van der Waals surface area contributed by atoms with Crippen LogP contribution in [0.4, 0.5) is 10.1 Å². The number of hydrogen-bond acceptors (Lipinski definition) is 5. The third-order valence-corrected chi connectivity index (χ3v) is 6.09. The maximum Gasteiger partial charge on any atom is 0.253 e. The van der Waals surface area contributed by atoms with Crippen molar-refractivity contribution in [3.05, 3.63) is 89.7 Å². The third kappa shape index (κ3) is 5.36. The van der Waals surface area contributed by atoms with Crippen LogP contribution in [0.3, 0.4) is 0 Å². The van der Waals surface area contributed by atoms with E-state index in [1.165, 1.54) is 12.1 Å². The molecule has 1 fully saturated rings. The molecule has 9 heteroatoms. The highest BCUT2D eigenvalue weighted by molar-refractivity contribution is 5.94. The minimum absolute atomic E-state index is 0.0217. The van der Waals surface area contributed by atoms with Crippen LogP contribution in [0, 0.1) is 5.82 Å². The van der Waals surface area contributed by atoms with Crippen molar-refractivity contribution < 1.29 is 14.0 Å². The summed E-state index contributed by atoms with van der Waals surface area (Å²) in [6.45, 7) is 3.05. The molecule has 178 valence electrons. The average Bonchev–Trinajstić information content (AvgIpc) is 3.27. The van der Waals surface area contributed by atoms with E-state index in [9.17, 15) is 14.0 Å². The van der Waals surface area contributed by atoms with Gasteiger partial charge in [-0.2, -0.15) is 0 Å². The summed E-state index contributed by atoms with van der Waals surface area (Å²) in [7, 11) is 0. The number of aromatic nitrogens is 3. The van der Waals surface area contributed by atoms with Crippen molar-refractivity contribution in [2.75, 3.05) is 38.0 Å². The molecule has 0 radical (unpaired) electrons. The number of halogens is 1. The highest BCUT2D eigenvalue weighted by Gasteiger charge is 2.23. The Kier molecular flexibility index (Phi) is 6.49. The highest BCUT2D eigenvalue weighted by Crippen LogP contribution is 2.15. The molecule has 0 bridgehead atoms. The molecule has 0 saturated carbocycles. The van der Waals surface area contributed by atoms with Gasteiger partial charge in [0.1, 0.15) is 11.3 Å². The molecule has 0 spiro atoms. The summed E-state index contributed by atoms with van der Waals surface area (Å²) in [6.07, 6.45) is 0. The fourth-order valence-corrected chi connectivity index (χ4v) is 4.22. The van der Waals surface area contributed by atoms with E-state index in [0.717, 1.165) is 16.6 Å². The summed E-state index contributed by atoms with van der Waals surface area (Å²) < 4.78 is 15.1. The van der Waals surface area contributed by atoms with Gasteiger partial charge in [-0.3, -0.25) is 14.5 Å². The van der Waals surface area contributed by atoms with Gasteiger partial charge in [-0.15, -0.1) is 5.10 Å². The second-order valence-electron chi connectivity index (χ2n) is 8.56. The molecule has 1 aliphatic rings. The average molecular weight is 473 g/mol. The summed E-state index contributed by atoms with van der Waals surface area (Å²) in [5.41, 5.74) is 3.92. The molecule has 0 atom stereocenters. The number of rotatable bonds is 6. The Bertz CT molecular complexity index is 1350. The van der Waals surface area contributed by atoms with Gasteiger partial charge in [-0.1, -0.05) is 35.5 Å². The van der Waals surface area contributed by atoms with E-state index in [-0.39, 0.29) is 18.4 Å². The second kappa shape index (κ2) is 10.0. The lowest BCUT2D eigenvalue weighted by molar-refractivity contribution is -0.117. The van der Waals surface area contributed by atoms with Gasteiger partial charge in [-0.25, -0.2) is 9.07 Å². The number of nitrogens with zero attached hydrogens (tertiary/aromatic N) is 5. The molecule has 1 saturated heterocycles. The van der Waals surface area contributed by atoms with Crippen molar-refractivity contribution in [3.63, 3.8) is 0 Å². The van der Waals surface area contributed by atoms with Crippen LogP contribution in [0.5, 0.6) is 0 Å². The van der Waals surface area contributed by atoms with Crippen molar-refractivity contribution in [2.24, 2.45) is 0 Å². The quantitative estimate of drug-likeness (QED) is 0.467. The molecular weight excluding hydrogens is 447 g/mol. The molecule has 1 aliphatic heterocycles. The largest absolute Gasteiger partial charge is 0.336 e. The smallest absolute Gasteiger partial charge is 0.253 e. The Morgan fingerprint density at radius 2 is 1.69 bits per heavy atom. The zero-order chi connectivity index (χ0) is 24.2. The highest BCUT2D eigenvalue weighted by atomic mass is 19.1. The van der Waals surface area contributed by atoms with Crippen molar-refractivity contribution >= 4 is 28.5 Å². The van der Waals surface area contributed by atoms with Gasteiger partial charge in [0.2, 0.25) is 5.91 Å². The van der Waals surface area contributed by atoms with Gasteiger partial charge in [-0.05, 0) is 48.0 Å². The van der Waals surface area contributed by atoms with Crippen LogP contribution in [-0.4, -0.2) is 69.3 Å². The lowest BCUT2D eigenvalue weighted by atomic mass is 10.1. The zero-order valence-electron chi connectivity index (χ0n) is 19.1. The SMILES string of the molecule is O=C(CN1CCN(C(=O)c2ccc(Cn3nnc4ccccc43)cc2)CC1)Nc1cccc(F)c1. The predicted molar refractivity (Wildman–Crippen MR) is 130 cm³/mol. The second-order valence-corrected chi connectivity index (χ2v) is 8.56. The van der Waals surface area contributed by atoms with Crippen molar-refractivity contribution in [3.8, 4) is 0 Å². The van der Waals surface area contributed by atoms with Crippen LogP contribution in [0.2, 0.25) is 0 Å². The third-order valence-electron chi connectivity index (χ3n) is 6.09. The van der Waals surface area contributed by atoms with E-state index >= 15 is 0 Å². The Hall–Kier alpha value is -4.11. The summed E-state index contributed by atoms with van der Waals surface area (Å²) in [6, 6.07) is 21.2. The van der Waals surface area contributed by atoms with Crippen LogP contribution < -0.4 is 5.32 Å². The predicted octanol–water partition coefficient (Wildman–Crippen LogP) is 3.02. The number of piperazine rings is 1. The fraction of sp³-hybridized carbons (Fsp3) is 0.231. The lowest BCUT2D eigenvalue weighted by Gasteiger charge is -2.34. The van der Waals surface area contributed by atoms with Crippen molar-refractivity contribution in [1.82, 2.24) is 24.8 Å². The van der Waals surface area contributed by atoms with E-state index in [4.69, 9.17) is 0 Å². The normalized spacial score (nSPS) is 14.3. The van der Waals surface area contributed by atoms with Gasteiger partial charge < -0.3 is 10.2 Å². The van der Waals surface area contributed by atoms with Gasteiger partial charge in [0, 0.05) is 37.4 Å². The Balaban J connectivity index is 1.12. The van der Waals surface area contributed by atoms with Crippen molar-refractivity contribution in [1.29, 1.82) is 0 Å². The number of fused-ring (bicyclic) bond motifs is 1. The van der Waals surface area contributed by atoms with Crippen LogP contribution >= 0.6 is 0 Å². The van der Waals surface area contributed by atoms with E-state index in [2.05, 4.69) is 15.6 Å². The molecule has 2 amide bonds. The summed E-state index contributed by atoms with van der Waals surface area (Å²) in [4.78, 5) is 29.0. The van der Waals surface area contributed by atoms with Gasteiger partial charge in [0.15, 0.2) is 0 Å². The zero-order valence-corrected chi connectivity index (χ0v) is 19.1. The molecule has 5 rings (SSSR count). The molecule has 4 aromatic rings. The van der Waals surface area contributed by atoms with E-state index in [1.54, 1.807) is 17.0 Å². The summed E-state index contributed by atoms with van der Waals surface area (Å²) in [5.74, 6) is -0.618. The first-order valence-electron chi connectivity index (χ1n) is 11.5. The number of para-hydroxylation sites is 1. The van der Waals surface area contributed by atoms with Gasteiger partial charge >= 0.3 is 0 Å². The maximum absolute atomic E-state index is 13.3. The monoisotopic (exact) mass is 472 g/mol. The number of anilines is 1. The van der Waals surface area contributed by atoms with Gasteiger partial charge in [0.25, 0.3) is 5.91 Å². The first kappa shape index (κ1) is 22.7. The van der Waals surface area contributed by atoms with Crippen LogP contribution in [0.25, 0.3) is 11.0 Å². The van der Waals surface area contributed by atoms with Crippen molar-refractivity contribution in [2.45, 2.75) is 6.54 Å². The number of amides is 2. The topological polar surface area (TPSA) is 83.4 Å².